The summed E-state index contributed by atoms with van der Waals surface area (Å²) < 4.78 is 10.4. The van der Waals surface area contributed by atoms with Gasteiger partial charge in [0, 0.05) is 11.1 Å². The zero-order chi connectivity index (χ0) is 18.9. The highest BCUT2D eigenvalue weighted by Crippen LogP contribution is 2.20. The van der Waals surface area contributed by atoms with Crippen LogP contribution in [-0.4, -0.2) is 25.5 Å². The molecule has 0 radical (unpaired) electrons. The summed E-state index contributed by atoms with van der Waals surface area (Å²) in [5.74, 6) is 0.308. The van der Waals surface area contributed by atoms with E-state index in [1.807, 2.05) is 19.1 Å². The van der Waals surface area contributed by atoms with Gasteiger partial charge in [-0.2, -0.15) is 0 Å². The minimum Gasteiger partial charge on any atom is -0.497 e. The molecule has 0 aliphatic rings. The summed E-state index contributed by atoms with van der Waals surface area (Å²) in [5.41, 5.74) is 6.23. The van der Waals surface area contributed by atoms with Crippen LogP contribution in [0.15, 0.2) is 48.5 Å². The SMILES string of the molecule is COc1ccc(/C=C/C(=O)NNC(=O)COc2ccc(Cl)c(C)c2)cc1. The molecule has 26 heavy (non-hydrogen) atoms. The van der Waals surface area contributed by atoms with Gasteiger partial charge in [-0.15, -0.1) is 0 Å². The third-order valence-corrected chi connectivity index (χ3v) is 3.79. The predicted molar refractivity (Wildman–Crippen MR) is 100.0 cm³/mol. The number of ether oxygens (including phenoxy) is 2. The fourth-order valence-electron chi connectivity index (χ4n) is 1.95. The Balaban J connectivity index is 1.74. The number of aryl methyl sites for hydroxylation is 1. The number of hydrogen-bond donors (Lipinski definition) is 2. The van der Waals surface area contributed by atoms with Crippen LogP contribution in [0.1, 0.15) is 11.1 Å². The van der Waals surface area contributed by atoms with E-state index in [1.54, 1.807) is 43.5 Å². The molecule has 2 amide bonds. The summed E-state index contributed by atoms with van der Waals surface area (Å²) in [6, 6.07) is 12.3. The van der Waals surface area contributed by atoms with Crippen LogP contribution in [0.2, 0.25) is 5.02 Å². The number of hydrazine groups is 1. The Morgan fingerprint density at radius 3 is 2.42 bits per heavy atom. The van der Waals surface area contributed by atoms with Gasteiger partial charge in [-0.1, -0.05) is 23.7 Å². The highest BCUT2D eigenvalue weighted by molar-refractivity contribution is 6.31. The molecule has 2 N–H and O–H groups in total. The van der Waals surface area contributed by atoms with Crippen molar-refractivity contribution < 1.29 is 19.1 Å². The van der Waals surface area contributed by atoms with Crippen LogP contribution >= 0.6 is 11.6 Å². The monoisotopic (exact) mass is 374 g/mol. The highest BCUT2D eigenvalue weighted by Gasteiger charge is 2.05. The van der Waals surface area contributed by atoms with Gasteiger partial charge in [-0.25, -0.2) is 0 Å². The first-order chi connectivity index (χ1) is 12.5. The van der Waals surface area contributed by atoms with Crippen molar-refractivity contribution >= 4 is 29.5 Å². The van der Waals surface area contributed by atoms with E-state index < -0.39 is 11.8 Å². The summed E-state index contributed by atoms with van der Waals surface area (Å²) in [7, 11) is 1.58. The van der Waals surface area contributed by atoms with Gasteiger partial charge >= 0.3 is 0 Å². The molecule has 0 saturated carbocycles. The van der Waals surface area contributed by atoms with Crippen LogP contribution in [0.3, 0.4) is 0 Å². The number of hydrogen-bond acceptors (Lipinski definition) is 4. The second kappa shape index (κ2) is 9.48. The third kappa shape index (κ3) is 6.14. The minimum absolute atomic E-state index is 0.233. The van der Waals surface area contributed by atoms with Gasteiger partial charge in [0.25, 0.3) is 11.8 Å². The second-order valence-corrected chi connectivity index (χ2v) is 5.75. The summed E-state index contributed by atoms with van der Waals surface area (Å²) in [5, 5.41) is 0.623. The number of carbonyl (C=O) groups is 2. The van der Waals surface area contributed by atoms with E-state index in [-0.39, 0.29) is 6.61 Å². The van der Waals surface area contributed by atoms with Crippen LogP contribution in [-0.2, 0) is 9.59 Å². The van der Waals surface area contributed by atoms with E-state index >= 15 is 0 Å². The number of carbonyl (C=O) groups excluding carboxylic acids is 2. The van der Waals surface area contributed by atoms with Crippen LogP contribution in [0.25, 0.3) is 6.08 Å². The molecule has 136 valence electrons. The largest absolute Gasteiger partial charge is 0.497 e. The summed E-state index contributed by atoms with van der Waals surface area (Å²) in [4.78, 5) is 23.4. The molecule has 0 heterocycles. The molecule has 0 spiro atoms. The number of methoxy groups -OCH3 is 1. The van der Waals surface area contributed by atoms with E-state index in [9.17, 15) is 9.59 Å². The van der Waals surface area contributed by atoms with Crippen LogP contribution in [0.5, 0.6) is 11.5 Å². The molecule has 0 unspecified atom stereocenters. The number of halogens is 1. The normalized spacial score (nSPS) is 10.4. The Bertz CT molecular complexity index is 804. The first-order valence-corrected chi connectivity index (χ1v) is 8.15. The van der Waals surface area contributed by atoms with Crippen molar-refractivity contribution in [3.05, 3.63) is 64.7 Å². The summed E-state index contributed by atoms with van der Waals surface area (Å²) in [6.07, 6.45) is 2.93. The molecule has 7 heteroatoms. The number of nitrogens with one attached hydrogen (secondary N) is 2. The van der Waals surface area contributed by atoms with Gasteiger partial charge in [0.1, 0.15) is 11.5 Å². The topological polar surface area (TPSA) is 76.7 Å². The average molecular weight is 375 g/mol. The van der Waals surface area contributed by atoms with Gasteiger partial charge in [0.2, 0.25) is 0 Å². The molecule has 2 rings (SSSR count). The molecule has 0 saturated heterocycles. The number of amides is 2. The molecule has 0 bridgehead atoms. The molecular formula is C19H19ClN2O4. The molecule has 0 aliphatic heterocycles. The van der Waals surface area contributed by atoms with Crippen molar-refractivity contribution in [2.75, 3.05) is 13.7 Å². The van der Waals surface area contributed by atoms with Crippen molar-refractivity contribution in [1.29, 1.82) is 0 Å². The fraction of sp³-hybridized carbons (Fsp3) is 0.158. The van der Waals surface area contributed by atoms with Crippen LogP contribution in [0.4, 0.5) is 0 Å². The van der Waals surface area contributed by atoms with Gasteiger partial charge in [0.05, 0.1) is 7.11 Å². The first-order valence-electron chi connectivity index (χ1n) is 7.78. The molecule has 0 aliphatic carbocycles. The lowest BCUT2D eigenvalue weighted by atomic mass is 10.2. The van der Waals surface area contributed by atoms with Crippen LogP contribution in [0, 0.1) is 6.92 Å². The van der Waals surface area contributed by atoms with Crippen molar-refractivity contribution in [1.82, 2.24) is 10.9 Å². The van der Waals surface area contributed by atoms with E-state index in [0.29, 0.717) is 10.8 Å². The summed E-state index contributed by atoms with van der Waals surface area (Å²) in [6.45, 7) is 1.61. The number of benzene rings is 2. The Labute approximate surface area is 156 Å². The van der Waals surface area contributed by atoms with Crippen molar-refractivity contribution in [3.63, 3.8) is 0 Å². The highest BCUT2D eigenvalue weighted by atomic mass is 35.5. The Morgan fingerprint density at radius 1 is 1.08 bits per heavy atom. The van der Waals surface area contributed by atoms with E-state index in [0.717, 1.165) is 16.9 Å². The van der Waals surface area contributed by atoms with Crippen molar-refractivity contribution in [2.45, 2.75) is 6.92 Å². The first kappa shape index (κ1) is 19.3. The third-order valence-electron chi connectivity index (χ3n) is 3.37. The van der Waals surface area contributed by atoms with E-state index in [1.165, 1.54) is 6.08 Å². The van der Waals surface area contributed by atoms with Crippen LogP contribution < -0.4 is 20.3 Å². The standard InChI is InChI=1S/C19H19ClN2O4/c1-13-11-16(8-9-17(13)20)26-12-19(24)22-21-18(23)10-5-14-3-6-15(25-2)7-4-14/h3-11H,12H2,1-2H3,(H,21,23)(H,22,24)/b10-5+. The maximum atomic E-state index is 11.7. The molecule has 2 aromatic rings. The average Bonchev–Trinajstić information content (AvgIpc) is 2.66. The maximum absolute atomic E-state index is 11.7. The minimum atomic E-state index is -0.483. The zero-order valence-electron chi connectivity index (χ0n) is 14.4. The summed E-state index contributed by atoms with van der Waals surface area (Å²) >= 11 is 5.92. The quantitative estimate of drug-likeness (QED) is 0.602. The fourth-order valence-corrected chi connectivity index (χ4v) is 2.07. The lowest BCUT2D eigenvalue weighted by molar-refractivity contribution is -0.128. The molecule has 0 fully saturated rings. The second-order valence-electron chi connectivity index (χ2n) is 5.34. The lowest BCUT2D eigenvalue weighted by Crippen LogP contribution is -2.43. The predicted octanol–water partition coefficient (Wildman–Crippen LogP) is 2.90. The van der Waals surface area contributed by atoms with Gasteiger partial charge < -0.3 is 9.47 Å². The van der Waals surface area contributed by atoms with E-state index in [2.05, 4.69) is 10.9 Å². The molecular weight excluding hydrogens is 356 g/mol. The maximum Gasteiger partial charge on any atom is 0.276 e. The van der Waals surface area contributed by atoms with Gasteiger partial charge in [-0.3, -0.25) is 20.4 Å². The number of rotatable bonds is 6. The van der Waals surface area contributed by atoms with Crippen molar-refractivity contribution in [3.8, 4) is 11.5 Å². The molecule has 0 aromatic heterocycles. The lowest BCUT2D eigenvalue weighted by Gasteiger charge is -2.08. The van der Waals surface area contributed by atoms with Gasteiger partial charge in [-0.05, 0) is 54.5 Å². The Morgan fingerprint density at radius 2 is 1.77 bits per heavy atom. The van der Waals surface area contributed by atoms with E-state index in [4.69, 9.17) is 21.1 Å². The smallest absolute Gasteiger partial charge is 0.276 e. The molecule has 6 nitrogen and oxygen atoms in total. The van der Waals surface area contributed by atoms with Gasteiger partial charge in [0.15, 0.2) is 6.61 Å². The Hall–Kier alpha value is -2.99. The van der Waals surface area contributed by atoms with Crippen molar-refractivity contribution in [2.24, 2.45) is 0 Å². The molecule has 2 aromatic carbocycles. The zero-order valence-corrected chi connectivity index (χ0v) is 15.2. The Kier molecular flexibility index (Phi) is 7.05. The molecule has 0 atom stereocenters.